The van der Waals surface area contributed by atoms with E-state index in [-0.39, 0.29) is 0 Å². The van der Waals surface area contributed by atoms with Crippen molar-refractivity contribution in [3.8, 4) is 0 Å². The van der Waals surface area contributed by atoms with E-state index in [1.54, 1.807) is 6.20 Å². The molecule has 0 fully saturated rings. The number of hydrogen-bond acceptors (Lipinski definition) is 2. The predicted molar refractivity (Wildman–Crippen MR) is 68.9 cm³/mol. The normalized spacial score (nSPS) is 13.0. The lowest BCUT2D eigenvalue weighted by Gasteiger charge is -2.16. The number of nitrogens with zero attached hydrogens (tertiary/aromatic N) is 2. The van der Waals surface area contributed by atoms with Crippen LogP contribution >= 0.6 is 11.6 Å². The summed E-state index contributed by atoms with van der Waals surface area (Å²) >= 11 is 6.07. The summed E-state index contributed by atoms with van der Waals surface area (Å²) in [5.41, 5.74) is 1.14. The second-order valence-corrected chi connectivity index (χ2v) is 4.57. The fraction of sp³-hybridized carbons (Fsp3) is 0.750. The highest BCUT2D eigenvalue weighted by Crippen LogP contribution is 2.16. The lowest BCUT2D eigenvalue weighted by molar-refractivity contribution is 0.462. The Morgan fingerprint density at radius 2 is 2.25 bits per heavy atom. The van der Waals surface area contributed by atoms with Crippen LogP contribution in [0, 0.1) is 0 Å². The summed E-state index contributed by atoms with van der Waals surface area (Å²) in [6, 6.07) is 0.589. The zero-order chi connectivity index (χ0) is 12.0. The highest BCUT2D eigenvalue weighted by molar-refractivity contribution is 6.31. The zero-order valence-corrected chi connectivity index (χ0v) is 11.2. The zero-order valence-electron chi connectivity index (χ0n) is 10.5. The van der Waals surface area contributed by atoms with E-state index in [4.69, 9.17) is 11.6 Å². The summed E-state index contributed by atoms with van der Waals surface area (Å²) in [6.45, 7) is 5.51. The lowest BCUT2D eigenvalue weighted by atomic mass is 10.1. The first-order valence-electron chi connectivity index (χ1n) is 6.08. The quantitative estimate of drug-likeness (QED) is 0.798. The Morgan fingerprint density at radius 1 is 1.50 bits per heavy atom. The Kier molecular flexibility index (Phi) is 5.85. The summed E-state index contributed by atoms with van der Waals surface area (Å²) in [7, 11) is 1.95. The van der Waals surface area contributed by atoms with Gasteiger partial charge in [0, 0.05) is 13.1 Å². The van der Waals surface area contributed by atoms with Gasteiger partial charge in [0.15, 0.2) is 0 Å². The van der Waals surface area contributed by atoms with Crippen molar-refractivity contribution in [1.82, 2.24) is 15.1 Å². The van der Waals surface area contributed by atoms with Gasteiger partial charge in [-0.2, -0.15) is 5.10 Å². The van der Waals surface area contributed by atoms with Crippen LogP contribution in [0.1, 0.15) is 38.8 Å². The van der Waals surface area contributed by atoms with Crippen molar-refractivity contribution < 1.29 is 0 Å². The number of rotatable bonds is 7. The molecule has 0 saturated heterocycles. The first-order valence-corrected chi connectivity index (χ1v) is 6.46. The maximum absolute atomic E-state index is 6.07. The van der Waals surface area contributed by atoms with Crippen LogP contribution in [0.15, 0.2) is 6.20 Å². The van der Waals surface area contributed by atoms with Crippen molar-refractivity contribution in [2.24, 2.45) is 7.05 Å². The van der Waals surface area contributed by atoms with Gasteiger partial charge in [-0.3, -0.25) is 4.68 Å². The minimum Gasteiger partial charge on any atom is -0.314 e. The Morgan fingerprint density at radius 3 is 2.75 bits per heavy atom. The second kappa shape index (κ2) is 6.92. The van der Waals surface area contributed by atoms with E-state index in [0.717, 1.165) is 36.5 Å². The number of hydrogen-bond donors (Lipinski definition) is 1. The predicted octanol–water partition coefficient (Wildman–Crippen LogP) is 2.78. The van der Waals surface area contributed by atoms with Crippen LogP contribution in [-0.2, 0) is 13.5 Å². The fourth-order valence-electron chi connectivity index (χ4n) is 1.83. The summed E-state index contributed by atoms with van der Waals surface area (Å²) in [5.74, 6) is 0. The van der Waals surface area contributed by atoms with Crippen LogP contribution in [0.4, 0.5) is 0 Å². The van der Waals surface area contributed by atoms with E-state index < -0.39 is 0 Å². The van der Waals surface area contributed by atoms with Gasteiger partial charge < -0.3 is 5.32 Å². The third kappa shape index (κ3) is 3.80. The van der Waals surface area contributed by atoms with E-state index in [2.05, 4.69) is 24.3 Å². The summed E-state index contributed by atoms with van der Waals surface area (Å²) in [5, 5.41) is 8.48. The van der Waals surface area contributed by atoms with Gasteiger partial charge in [-0.05, 0) is 32.2 Å². The molecule has 1 heterocycles. The van der Waals surface area contributed by atoms with Crippen LogP contribution in [0.5, 0.6) is 0 Å². The highest BCUT2D eigenvalue weighted by Gasteiger charge is 2.10. The molecule has 0 radical (unpaired) electrons. The molecular weight excluding hydrogens is 222 g/mol. The van der Waals surface area contributed by atoms with E-state index in [0.29, 0.717) is 6.04 Å². The minimum atomic E-state index is 0.589. The molecule has 3 nitrogen and oxygen atoms in total. The van der Waals surface area contributed by atoms with Gasteiger partial charge in [0.05, 0.1) is 16.9 Å². The van der Waals surface area contributed by atoms with Gasteiger partial charge in [-0.25, -0.2) is 0 Å². The van der Waals surface area contributed by atoms with Gasteiger partial charge in [-0.15, -0.1) is 0 Å². The van der Waals surface area contributed by atoms with Gasteiger partial charge in [0.1, 0.15) is 0 Å². The van der Waals surface area contributed by atoms with Crippen LogP contribution in [0.25, 0.3) is 0 Å². The molecule has 1 aromatic rings. The van der Waals surface area contributed by atoms with Crippen molar-refractivity contribution >= 4 is 11.6 Å². The van der Waals surface area contributed by atoms with Crippen molar-refractivity contribution in [2.45, 2.75) is 45.6 Å². The molecule has 1 rings (SSSR count). The van der Waals surface area contributed by atoms with Crippen molar-refractivity contribution in [2.75, 3.05) is 6.54 Å². The summed E-state index contributed by atoms with van der Waals surface area (Å²) < 4.78 is 1.87. The van der Waals surface area contributed by atoms with Gasteiger partial charge in [0.2, 0.25) is 0 Å². The molecule has 92 valence electrons. The first kappa shape index (κ1) is 13.5. The second-order valence-electron chi connectivity index (χ2n) is 4.16. The first-order chi connectivity index (χ1) is 7.69. The molecule has 0 saturated carbocycles. The van der Waals surface area contributed by atoms with E-state index >= 15 is 0 Å². The Hall–Kier alpha value is -0.540. The van der Waals surface area contributed by atoms with Gasteiger partial charge in [-0.1, -0.05) is 25.4 Å². The number of aryl methyl sites for hydroxylation is 1. The monoisotopic (exact) mass is 243 g/mol. The average Bonchev–Trinajstić information content (AvgIpc) is 2.60. The minimum absolute atomic E-state index is 0.589. The molecule has 0 amide bonds. The lowest BCUT2D eigenvalue weighted by Crippen LogP contribution is -2.29. The molecule has 1 N–H and O–H groups in total. The van der Waals surface area contributed by atoms with Crippen LogP contribution < -0.4 is 5.32 Å². The third-order valence-corrected chi connectivity index (χ3v) is 3.23. The molecule has 0 aliphatic rings. The van der Waals surface area contributed by atoms with Crippen molar-refractivity contribution in [1.29, 1.82) is 0 Å². The molecule has 0 aromatic carbocycles. The SMILES string of the molecule is CCCNC(CC)CCc1c(Cl)cnn1C. The smallest absolute Gasteiger partial charge is 0.0817 e. The van der Waals surface area contributed by atoms with Crippen molar-refractivity contribution in [3.63, 3.8) is 0 Å². The molecule has 0 aliphatic heterocycles. The third-order valence-electron chi connectivity index (χ3n) is 2.92. The van der Waals surface area contributed by atoms with Gasteiger partial charge >= 0.3 is 0 Å². The van der Waals surface area contributed by atoms with E-state index in [1.807, 2.05) is 11.7 Å². The number of nitrogens with one attached hydrogen (secondary N) is 1. The Balaban J connectivity index is 2.43. The molecule has 1 aromatic heterocycles. The molecule has 4 heteroatoms. The molecule has 0 aliphatic carbocycles. The largest absolute Gasteiger partial charge is 0.314 e. The fourth-order valence-corrected chi connectivity index (χ4v) is 2.09. The maximum atomic E-state index is 6.07. The topological polar surface area (TPSA) is 29.9 Å². The van der Waals surface area contributed by atoms with E-state index in [9.17, 15) is 0 Å². The molecule has 0 bridgehead atoms. The van der Waals surface area contributed by atoms with Crippen LogP contribution in [0.2, 0.25) is 5.02 Å². The number of aromatic nitrogens is 2. The maximum Gasteiger partial charge on any atom is 0.0817 e. The standard InChI is InChI=1S/C12H22ClN3/c1-4-8-14-10(5-2)6-7-12-11(13)9-15-16(12)3/h9-10,14H,4-8H2,1-3H3. The summed E-state index contributed by atoms with van der Waals surface area (Å²) in [4.78, 5) is 0. The Bertz CT molecular complexity index is 290. The molecular formula is C12H22ClN3. The average molecular weight is 244 g/mol. The van der Waals surface area contributed by atoms with Crippen LogP contribution in [0.3, 0.4) is 0 Å². The van der Waals surface area contributed by atoms with E-state index in [1.165, 1.54) is 6.42 Å². The van der Waals surface area contributed by atoms with Crippen molar-refractivity contribution in [3.05, 3.63) is 16.9 Å². The number of halogens is 1. The van der Waals surface area contributed by atoms with Gasteiger partial charge in [0.25, 0.3) is 0 Å². The molecule has 16 heavy (non-hydrogen) atoms. The molecule has 1 unspecified atom stereocenters. The Labute approximate surface area is 103 Å². The van der Waals surface area contributed by atoms with Crippen LogP contribution in [-0.4, -0.2) is 22.4 Å². The highest BCUT2D eigenvalue weighted by atomic mass is 35.5. The molecule has 1 atom stereocenters. The summed E-state index contributed by atoms with van der Waals surface area (Å²) in [6.07, 6.45) is 6.18. The molecule has 0 spiro atoms.